The summed E-state index contributed by atoms with van der Waals surface area (Å²) in [7, 11) is 0. The molecule has 0 aliphatic heterocycles. The Kier molecular flexibility index (Phi) is 5.17. The van der Waals surface area contributed by atoms with Crippen molar-refractivity contribution in [3.8, 4) is 0 Å². The second-order valence-electron chi connectivity index (χ2n) is 4.44. The van der Waals surface area contributed by atoms with Gasteiger partial charge in [0.1, 0.15) is 5.56 Å². The zero-order chi connectivity index (χ0) is 15.2. The summed E-state index contributed by atoms with van der Waals surface area (Å²) >= 11 is 5.62. The van der Waals surface area contributed by atoms with Gasteiger partial charge in [-0.2, -0.15) is 0 Å². The lowest BCUT2D eigenvalue weighted by Crippen LogP contribution is -2.18. The number of benzene rings is 1. The molecule has 0 aliphatic carbocycles. The predicted molar refractivity (Wildman–Crippen MR) is 84.9 cm³/mol. The van der Waals surface area contributed by atoms with Gasteiger partial charge >= 0.3 is 5.97 Å². The Labute approximate surface area is 127 Å². The van der Waals surface area contributed by atoms with Crippen molar-refractivity contribution in [1.82, 2.24) is 4.98 Å². The number of H-pyrrole nitrogens is 1. The molecule has 0 unspecified atom stereocenters. The van der Waals surface area contributed by atoms with E-state index in [0.29, 0.717) is 16.8 Å². The van der Waals surface area contributed by atoms with Crippen LogP contribution in [0.25, 0.3) is 17.0 Å². The summed E-state index contributed by atoms with van der Waals surface area (Å²) in [5.41, 5.74) is 1.27. The summed E-state index contributed by atoms with van der Waals surface area (Å²) in [5, 5.41) is 0.466. The second kappa shape index (κ2) is 7.09. The number of fused-ring (bicyclic) bond motifs is 1. The lowest BCUT2D eigenvalue weighted by Gasteiger charge is -2.04. The van der Waals surface area contributed by atoms with Crippen LogP contribution in [0.5, 0.6) is 0 Å². The maximum absolute atomic E-state index is 12.4. The first-order valence-electron chi connectivity index (χ1n) is 6.72. The standard InChI is InChI=1S/C16H16ClNO3/c1-2-21-16(20)13-10-18-14-7-6-11(5-3-4-8-17)9-12(14)15(13)19/h3,5-7,9-10H,2,4,8H2,1H3,(H,18,19). The number of aromatic nitrogens is 1. The van der Waals surface area contributed by atoms with Crippen molar-refractivity contribution in [2.75, 3.05) is 12.5 Å². The van der Waals surface area contributed by atoms with Crippen molar-refractivity contribution in [3.63, 3.8) is 0 Å². The summed E-state index contributed by atoms with van der Waals surface area (Å²) in [4.78, 5) is 27.0. The van der Waals surface area contributed by atoms with Crippen LogP contribution in [0.4, 0.5) is 0 Å². The van der Waals surface area contributed by atoms with Gasteiger partial charge in [0.25, 0.3) is 0 Å². The van der Waals surface area contributed by atoms with Gasteiger partial charge in [0.2, 0.25) is 5.43 Å². The van der Waals surface area contributed by atoms with Crippen LogP contribution in [-0.4, -0.2) is 23.4 Å². The molecule has 0 bridgehead atoms. The number of pyridine rings is 1. The van der Waals surface area contributed by atoms with E-state index in [9.17, 15) is 9.59 Å². The van der Waals surface area contributed by atoms with E-state index in [4.69, 9.17) is 16.3 Å². The lowest BCUT2D eigenvalue weighted by atomic mass is 10.1. The highest BCUT2D eigenvalue weighted by molar-refractivity contribution is 6.17. The van der Waals surface area contributed by atoms with Crippen LogP contribution in [0.2, 0.25) is 0 Å². The normalized spacial score (nSPS) is 11.1. The van der Waals surface area contributed by atoms with Gasteiger partial charge in [0.05, 0.1) is 6.61 Å². The van der Waals surface area contributed by atoms with E-state index >= 15 is 0 Å². The molecule has 1 heterocycles. The number of esters is 1. The lowest BCUT2D eigenvalue weighted by molar-refractivity contribution is 0.0524. The number of hydrogen-bond acceptors (Lipinski definition) is 3. The SMILES string of the molecule is CCOC(=O)c1c[nH]c2ccc(C=CCCCl)cc2c1=O. The number of allylic oxidation sites excluding steroid dienone is 1. The van der Waals surface area contributed by atoms with Crippen LogP contribution in [-0.2, 0) is 4.74 Å². The van der Waals surface area contributed by atoms with Crippen LogP contribution in [0.15, 0.2) is 35.3 Å². The predicted octanol–water partition coefficient (Wildman–Crippen LogP) is 3.35. The maximum Gasteiger partial charge on any atom is 0.343 e. The molecule has 0 atom stereocenters. The zero-order valence-corrected chi connectivity index (χ0v) is 12.4. The minimum atomic E-state index is -0.608. The first-order chi connectivity index (χ1) is 10.2. The van der Waals surface area contributed by atoms with Gasteiger partial charge in [-0.1, -0.05) is 18.2 Å². The number of carbonyl (C=O) groups is 1. The largest absolute Gasteiger partial charge is 0.462 e. The fourth-order valence-electron chi connectivity index (χ4n) is 1.98. The molecule has 0 saturated heterocycles. The monoisotopic (exact) mass is 305 g/mol. The van der Waals surface area contributed by atoms with E-state index in [2.05, 4.69) is 4.98 Å². The molecule has 110 valence electrons. The summed E-state index contributed by atoms with van der Waals surface area (Å²) in [5.74, 6) is -0.0544. The minimum Gasteiger partial charge on any atom is -0.462 e. The molecule has 5 heteroatoms. The third kappa shape index (κ3) is 3.52. The summed E-state index contributed by atoms with van der Waals surface area (Å²) in [6.07, 6.45) is 6.00. The van der Waals surface area contributed by atoms with Crippen LogP contribution >= 0.6 is 11.6 Å². The number of nitrogens with one attached hydrogen (secondary N) is 1. The van der Waals surface area contributed by atoms with E-state index in [1.54, 1.807) is 13.0 Å². The van der Waals surface area contributed by atoms with Crippen LogP contribution < -0.4 is 5.43 Å². The van der Waals surface area contributed by atoms with E-state index in [-0.39, 0.29) is 17.6 Å². The van der Waals surface area contributed by atoms with Crippen molar-refractivity contribution in [1.29, 1.82) is 0 Å². The molecule has 0 amide bonds. The van der Waals surface area contributed by atoms with Crippen LogP contribution in [0, 0.1) is 0 Å². The number of halogens is 1. The second-order valence-corrected chi connectivity index (χ2v) is 4.81. The fourth-order valence-corrected chi connectivity index (χ4v) is 2.11. The highest BCUT2D eigenvalue weighted by Crippen LogP contribution is 2.13. The number of carbonyl (C=O) groups excluding carboxylic acids is 1. The molecule has 0 saturated carbocycles. The molecular formula is C16H16ClNO3. The van der Waals surface area contributed by atoms with Crippen molar-refractivity contribution in [2.45, 2.75) is 13.3 Å². The highest BCUT2D eigenvalue weighted by atomic mass is 35.5. The average molecular weight is 306 g/mol. The molecule has 0 fully saturated rings. The number of rotatable bonds is 5. The number of ether oxygens (including phenoxy) is 1. The smallest absolute Gasteiger partial charge is 0.343 e. The molecule has 1 aromatic heterocycles. The van der Waals surface area contributed by atoms with E-state index in [1.165, 1.54) is 6.20 Å². The highest BCUT2D eigenvalue weighted by Gasteiger charge is 2.13. The third-order valence-electron chi connectivity index (χ3n) is 2.99. The molecule has 1 aromatic carbocycles. The van der Waals surface area contributed by atoms with Crippen molar-refractivity contribution in [2.24, 2.45) is 0 Å². The van der Waals surface area contributed by atoms with Crippen molar-refractivity contribution >= 4 is 34.5 Å². The Bertz CT molecular complexity index is 734. The van der Waals surface area contributed by atoms with E-state index in [0.717, 1.165) is 12.0 Å². The summed E-state index contributed by atoms with van der Waals surface area (Å²) in [6.45, 7) is 1.93. The Morgan fingerprint density at radius 2 is 2.24 bits per heavy atom. The minimum absolute atomic E-state index is 0.0197. The molecule has 1 N–H and O–H groups in total. The molecule has 0 radical (unpaired) electrons. The van der Waals surface area contributed by atoms with Gasteiger partial charge in [-0.05, 0) is 31.0 Å². The van der Waals surface area contributed by atoms with Crippen LogP contribution in [0.3, 0.4) is 0 Å². The molecule has 2 aromatic rings. The Balaban J connectivity index is 2.47. The maximum atomic E-state index is 12.4. The Morgan fingerprint density at radius 1 is 1.43 bits per heavy atom. The molecule has 4 nitrogen and oxygen atoms in total. The van der Waals surface area contributed by atoms with Gasteiger partial charge in [-0.15, -0.1) is 11.6 Å². The number of hydrogen-bond donors (Lipinski definition) is 1. The van der Waals surface area contributed by atoms with Gasteiger partial charge in [-0.25, -0.2) is 4.79 Å². The van der Waals surface area contributed by atoms with Crippen molar-refractivity contribution < 1.29 is 9.53 Å². The number of aromatic amines is 1. The first-order valence-corrected chi connectivity index (χ1v) is 7.26. The summed E-state index contributed by atoms with van der Waals surface area (Å²) < 4.78 is 4.88. The molecule has 0 aliphatic rings. The van der Waals surface area contributed by atoms with Crippen molar-refractivity contribution in [3.05, 3.63) is 51.8 Å². The van der Waals surface area contributed by atoms with Gasteiger partial charge in [0.15, 0.2) is 0 Å². The number of alkyl halides is 1. The van der Waals surface area contributed by atoms with E-state index in [1.807, 2.05) is 24.3 Å². The Morgan fingerprint density at radius 3 is 2.95 bits per heavy atom. The topological polar surface area (TPSA) is 59.2 Å². The fraction of sp³-hybridized carbons (Fsp3) is 0.250. The van der Waals surface area contributed by atoms with Crippen LogP contribution in [0.1, 0.15) is 29.3 Å². The molecule has 0 spiro atoms. The van der Waals surface area contributed by atoms with Gasteiger partial charge < -0.3 is 9.72 Å². The van der Waals surface area contributed by atoms with Gasteiger partial charge in [0, 0.05) is 23.0 Å². The summed E-state index contributed by atoms with van der Waals surface area (Å²) in [6, 6.07) is 5.46. The first kappa shape index (κ1) is 15.3. The zero-order valence-electron chi connectivity index (χ0n) is 11.7. The van der Waals surface area contributed by atoms with Gasteiger partial charge in [-0.3, -0.25) is 4.79 Å². The molecule has 21 heavy (non-hydrogen) atoms. The average Bonchev–Trinajstić information content (AvgIpc) is 2.48. The quantitative estimate of drug-likeness (QED) is 0.681. The Hall–Kier alpha value is -2.07. The molecule has 2 rings (SSSR count). The molecular weight excluding hydrogens is 290 g/mol. The van der Waals surface area contributed by atoms with E-state index < -0.39 is 5.97 Å². The third-order valence-corrected chi connectivity index (χ3v) is 3.20.